The zero-order chi connectivity index (χ0) is 37.5. The van der Waals surface area contributed by atoms with E-state index in [1.54, 1.807) is 0 Å². The molecule has 0 amide bonds. The summed E-state index contributed by atoms with van der Waals surface area (Å²) in [6.45, 7) is 0.155. The quantitative estimate of drug-likeness (QED) is 0.0389. The number of nitrogens with one attached hydrogen (secondary N) is 1. The molecule has 0 radical (unpaired) electrons. The van der Waals surface area contributed by atoms with Gasteiger partial charge < -0.3 is 81.1 Å². The van der Waals surface area contributed by atoms with Crippen molar-refractivity contribution in [3.63, 3.8) is 0 Å². The molecule has 16 atom stereocenters. The molecule has 17 nitrogen and oxygen atoms in total. The van der Waals surface area contributed by atoms with E-state index in [1.807, 2.05) is 0 Å². The molecule has 0 aliphatic carbocycles. The second-order valence-corrected chi connectivity index (χ2v) is 14.3. The van der Waals surface area contributed by atoms with E-state index < -0.39 is 118 Å². The summed E-state index contributed by atoms with van der Waals surface area (Å²) in [6, 6.07) is -3.91. The Labute approximate surface area is 301 Å². The number of hydrogen-bond donors (Lipinski definition) is 12. The molecule has 3 aliphatic rings. The smallest absolute Gasteiger partial charge is 0.176 e. The van der Waals surface area contributed by atoms with Crippen LogP contribution in [0.3, 0.4) is 0 Å². The molecule has 3 unspecified atom stereocenters. The summed E-state index contributed by atoms with van der Waals surface area (Å²) in [6.07, 6.45) is -3.04. The van der Waals surface area contributed by atoms with Crippen LogP contribution in [0, 0.1) is 0 Å². The van der Waals surface area contributed by atoms with Gasteiger partial charge in [0.25, 0.3) is 0 Å². The van der Waals surface area contributed by atoms with Crippen molar-refractivity contribution in [2.24, 2.45) is 11.5 Å². The van der Waals surface area contributed by atoms with E-state index in [4.69, 9.17) is 35.2 Å². The van der Waals surface area contributed by atoms with Crippen LogP contribution in [0.2, 0.25) is 0 Å². The van der Waals surface area contributed by atoms with E-state index >= 15 is 0 Å². The monoisotopic (exact) mass is 741 g/mol. The molecule has 3 fully saturated rings. The predicted molar refractivity (Wildman–Crippen MR) is 182 cm³/mol. The highest BCUT2D eigenvalue weighted by atomic mass is 16.7. The van der Waals surface area contributed by atoms with Gasteiger partial charge in [-0.05, 0) is 12.8 Å². The van der Waals surface area contributed by atoms with Crippen LogP contribution in [-0.4, -0.2) is 164 Å². The third kappa shape index (κ3) is 13.0. The minimum absolute atomic E-state index is 0.313. The van der Waals surface area contributed by atoms with Gasteiger partial charge in [-0.15, -0.1) is 0 Å². The molecule has 14 N–H and O–H groups in total. The highest BCUT2D eigenvalue weighted by Gasteiger charge is 2.53. The molecule has 0 aromatic rings. The number of aliphatic hydroxyl groups excluding tert-OH is 9. The first-order chi connectivity index (χ1) is 24.5. The summed E-state index contributed by atoms with van der Waals surface area (Å²) >= 11 is 0. The van der Waals surface area contributed by atoms with Crippen molar-refractivity contribution in [1.29, 1.82) is 0 Å². The predicted octanol–water partition coefficient (Wildman–Crippen LogP) is -2.24. The molecule has 0 aromatic carbocycles. The van der Waals surface area contributed by atoms with Gasteiger partial charge in [-0.1, -0.05) is 84.0 Å². The first-order valence-corrected chi connectivity index (χ1v) is 18.9. The highest BCUT2D eigenvalue weighted by Crippen LogP contribution is 2.32. The van der Waals surface area contributed by atoms with Crippen molar-refractivity contribution >= 4 is 0 Å². The van der Waals surface area contributed by atoms with Gasteiger partial charge in [-0.2, -0.15) is 0 Å². The lowest BCUT2D eigenvalue weighted by molar-refractivity contribution is -0.351. The Morgan fingerprint density at radius 2 is 1.04 bits per heavy atom. The van der Waals surface area contributed by atoms with Crippen LogP contribution in [0.5, 0.6) is 0 Å². The summed E-state index contributed by atoms with van der Waals surface area (Å²) in [7, 11) is 0. The average molecular weight is 742 g/mol. The Morgan fingerprint density at radius 3 is 1.59 bits per heavy atom. The van der Waals surface area contributed by atoms with Gasteiger partial charge in [-0.25, -0.2) is 0 Å². The van der Waals surface area contributed by atoms with E-state index in [-0.39, 0.29) is 0 Å². The molecule has 0 saturated carbocycles. The molecule has 3 rings (SSSR count). The molecule has 17 heteroatoms. The molecule has 0 aromatic heterocycles. The summed E-state index contributed by atoms with van der Waals surface area (Å²) < 4.78 is 28.8. The molecular weight excluding hydrogens is 674 g/mol. The summed E-state index contributed by atoms with van der Waals surface area (Å²) in [5.74, 6) is 0. The van der Waals surface area contributed by atoms with Gasteiger partial charge in [-0.3, -0.25) is 5.32 Å². The number of ether oxygens (including phenoxy) is 5. The maximum Gasteiger partial charge on any atom is 0.176 e. The van der Waals surface area contributed by atoms with E-state index in [0.717, 1.165) is 19.3 Å². The lowest BCUT2D eigenvalue weighted by Crippen LogP contribution is -2.70. The lowest BCUT2D eigenvalue weighted by Gasteiger charge is -2.49. The van der Waals surface area contributed by atoms with Crippen molar-refractivity contribution in [1.82, 2.24) is 5.32 Å². The SMILES string of the molecule is CCCCCCCCCCCCCCCC(O)N[C@H]1[C@H](OC2[C@@H](CO)O[C@@H](O)[C@H](N)[C@H]2O)O[C@H](CO)C(O[C@@H]2O[C@H](CO)[C@@H](O)[C@H](O)[C@H]2N)[C@@H]1O. The second kappa shape index (κ2) is 23.3. The summed E-state index contributed by atoms with van der Waals surface area (Å²) in [5.41, 5.74) is 11.9. The molecule has 302 valence electrons. The standard InChI is InChI=1S/C34H67N3O14/c1-2-3-4-5-6-7-8-9-10-11-12-13-14-15-22(41)37-25-29(45)31(50-33-24(36)27(43)26(42)19(16-38)48-33)21(18-40)49-34(25)51-30-20(17-39)47-32(46)23(35)28(30)44/h19-34,37-46H,2-18,35-36H2,1H3/t19-,20-,21-,22?,23-,24-,25-,26-,27-,28-,29-,30?,31?,32-,33+,34+/m1/s1. The Balaban J connectivity index is 1.63. The average Bonchev–Trinajstić information content (AvgIpc) is 3.12. The van der Waals surface area contributed by atoms with Crippen LogP contribution in [0.25, 0.3) is 0 Å². The van der Waals surface area contributed by atoms with Crippen LogP contribution >= 0.6 is 0 Å². The highest BCUT2D eigenvalue weighted by molar-refractivity contribution is 4.99. The summed E-state index contributed by atoms with van der Waals surface area (Å²) in [4.78, 5) is 0. The number of aliphatic hydroxyl groups is 9. The first-order valence-electron chi connectivity index (χ1n) is 18.9. The Morgan fingerprint density at radius 1 is 0.569 bits per heavy atom. The molecule has 3 heterocycles. The molecule has 3 aliphatic heterocycles. The topological polar surface area (TPSA) is 292 Å². The maximum absolute atomic E-state index is 11.7. The van der Waals surface area contributed by atoms with E-state index in [2.05, 4.69) is 12.2 Å². The van der Waals surface area contributed by atoms with Crippen molar-refractivity contribution in [3.8, 4) is 0 Å². The van der Waals surface area contributed by atoms with E-state index in [0.29, 0.717) is 12.8 Å². The molecule has 51 heavy (non-hydrogen) atoms. The first kappa shape index (κ1) is 44.7. The minimum atomic E-state index is -1.61. The van der Waals surface area contributed by atoms with Gasteiger partial charge in [0, 0.05) is 0 Å². The number of nitrogens with two attached hydrogens (primary N) is 2. The fourth-order valence-electron chi connectivity index (χ4n) is 7.00. The Bertz CT molecular complexity index is 928. The number of unbranched alkanes of at least 4 members (excludes halogenated alkanes) is 12. The largest absolute Gasteiger partial charge is 0.394 e. The molecule has 0 bridgehead atoms. The number of hydrogen-bond acceptors (Lipinski definition) is 17. The molecular formula is C34H67N3O14. The maximum atomic E-state index is 11.7. The van der Waals surface area contributed by atoms with Crippen molar-refractivity contribution in [3.05, 3.63) is 0 Å². The van der Waals surface area contributed by atoms with Crippen molar-refractivity contribution in [2.45, 2.75) is 195 Å². The Hall–Kier alpha value is -0.680. The fraction of sp³-hybridized carbons (Fsp3) is 1.00. The second-order valence-electron chi connectivity index (χ2n) is 14.3. The third-order valence-corrected chi connectivity index (χ3v) is 10.3. The van der Waals surface area contributed by atoms with E-state index in [9.17, 15) is 46.0 Å². The Kier molecular flexibility index (Phi) is 20.4. The number of rotatable bonds is 23. The van der Waals surface area contributed by atoms with Crippen LogP contribution in [0.1, 0.15) is 96.8 Å². The van der Waals surface area contributed by atoms with Crippen LogP contribution in [0.15, 0.2) is 0 Å². The normalized spacial score (nSPS) is 39.6. The lowest BCUT2D eigenvalue weighted by atomic mass is 9.94. The van der Waals surface area contributed by atoms with Crippen LogP contribution in [0.4, 0.5) is 0 Å². The molecule has 0 spiro atoms. The zero-order valence-electron chi connectivity index (χ0n) is 30.0. The van der Waals surface area contributed by atoms with Crippen LogP contribution < -0.4 is 16.8 Å². The van der Waals surface area contributed by atoms with Crippen molar-refractivity contribution in [2.75, 3.05) is 19.8 Å². The summed E-state index contributed by atoms with van der Waals surface area (Å²) in [5, 5.41) is 96.9. The van der Waals surface area contributed by atoms with E-state index in [1.165, 1.54) is 57.8 Å². The zero-order valence-corrected chi connectivity index (χ0v) is 30.0. The third-order valence-electron chi connectivity index (χ3n) is 10.3. The van der Waals surface area contributed by atoms with Gasteiger partial charge in [0.15, 0.2) is 18.9 Å². The van der Waals surface area contributed by atoms with Gasteiger partial charge in [0.2, 0.25) is 0 Å². The minimum Gasteiger partial charge on any atom is -0.394 e. The van der Waals surface area contributed by atoms with Gasteiger partial charge in [0.1, 0.15) is 61.2 Å². The van der Waals surface area contributed by atoms with Gasteiger partial charge in [0.05, 0.1) is 37.9 Å². The fourth-order valence-corrected chi connectivity index (χ4v) is 7.00. The van der Waals surface area contributed by atoms with Gasteiger partial charge >= 0.3 is 0 Å². The van der Waals surface area contributed by atoms with Crippen molar-refractivity contribution < 1.29 is 69.6 Å². The van der Waals surface area contributed by atoms with Crippen LogP contribution in [-0.2, 0) is 23.7 Å². The molecule has 3 saturated heterocycles.